The van der Waals surface area contributed by atoms with Crippen molar-refractivity contribution in [2.24, 2.45) is 10.9 Å². The topological polar surface area (TPSA) is 286 Å². The number of carbonyl (C=O) groups excluding carboxylic acids is 4. The molecule has 1 saturated heterocycles. The number of hydrogen-bond acceptors (Lipinski definition) is 15. The molecule has 3 amide bonds. The number of nitrogens with one attached hydrogen (secondary N) is 2. The summed E-state index contributed by atoms with van der Waals surface area (Å²) in [5.41, 5.74) is 8.16. The van der Waals surface area contributed by atoms with Gasteiger partial charge in [0.25, 0.3) is 11.8 Å². The number of thioether (sulfide) groups is 1. The van der Waals surface area contributed by atoms with E-state index in [9.17, 15) is 44.1 Å². The first kappa shape index (κ1) is 33.7. The molecule has 2 atom stereocenters. The molecule has 9 N–H and O–H groups in total. The number of carboxylic acids is 2. The maximum absolute atomic E-state index is 13.2. The molecule has 1 fully saturated rings. The SMILES string of the molecule is CC(C)(ON=C(C(=O)NC1C(=O)N2C(C(=O)O)=C(COC(=O)c3ccc(NC(=O)CN)c(O)c3)CS[C@@H]12)c1csc(N)n1)C(=O)O. The number of amides is 3. The first-order valence-electron chi connectivity index (χ1n) is 13.1. The van der Waals surface area contributed by atoms with Crippen LogP contribution in [0.1, 0.15) is 29.9 Å². The zero-order valence-electron chi connectivity index (χ0n) is 24.0. The van der Waals surface area contributed by atoms with Crippen LogP contribution >= 0.6 is 23.1 Å². The number of nitrogens with two attached hydrogens (primary N) is 2. The molecule has 20 heteroatoms. The zero-order valence-corrected chi connectivity index (χ0v) is 25.6. The number of fused-ring (bicyclic) bond motifs is 1. The van der Waals surface area contributed by atoms with Crippen LogP contribution in [0, 0.1) is 0 Å². The minimum atomic E-state index is -1.82. The van der Waals surface area contributed by atoms with E-state index < -0.39 is 76.4 Å². The molecule has 18 nitrogen and oxygen atoms in total. The summed E-state index contributed by atoms with van der Waals surface area (Å²) in [4.78, 5) is 84.0. The Balaban J connectivity index is 1.47. The van der Waals surface area contributed by atoms with E-state index in [4.69, 9.17) is 21.0 Å². The Labute approximate surface area is 267 Å². The normalized spacial score (nSPS) is 17.8. The number of rotatable bonds is 12. The van der Waals surface area contributed by atoms with Gasteiger partial charge in [0.1, 0.15) is 35.2 Å². The van der Waals surface area contributed by atoms with Gasteiger partial charge in [-0.15, -0.1) is 23.1 Å². The quantitative estimate of drug-likeness (QED) is 0.0490. The number of esters is 1. The average Bonchev–Trinajstić information content (AvgIpc) is 3.44. The van der Waals surface area contributed by atoms with Crippen LogP contribution in [-0.2, 0) is 33.5 Å². The number of phenols is 1. The predicted octanol–water partition coefficient (Wildman–Crippen LogP) is -0.492. The lowest BCUT2D eigenvalue weighted by atomic mass is 10.0. The van der Waals surface area contributed by atoms with Crippen LogP contribution in [-0.4, -0.2) is 102 Å². The number of carboxylic acid groups (broad SMARTS) is 2. The monoisotopic (exact) mass is 677 g/mol. The Kier molecular flexibility index (Phi) is 9.83. The molecule has 4 rings (SSSR count). The molecule has 1 unspecified atom stereocenters. The Hall–Kier alpha value is -5.21. The van der Waals surface area contributed by atoms with Gasteiger partial charge in [-0.2, -0.15) is 0 Å². The van der Waals surface area contributed by atoms with Crippen LogP contribution < -0.4 is 22.1 Å². The van der Waals surface area contributed by atoms with Crippen LogP contribution in [0.2, 0.25) is 0 Å². The highest BCUT2D eigenvalue weighted by Crippen LogP contribution is 2.40. The summed E-state index contributed by atoms with van der Waals surface area (Å²) in [7, 11) is 0. The average molecular weight is 678 g/mol. The van der Waals surface area contributed by atoms with Gasteiger partial charge >= 0.3 is 17.9 Å². The molecule has 1 aromatic heterocycles. The van der Waals surface area contributed by atoms with E-state index in [-0.39, 0.29) is 39.9 Å². The second-order valence-electron chi connectivity index (χ2n) is 10.1. The molecule has 1 aromatic carbocycles. The van der Waals surface area contributed by atoms with Gasteiger partial charge in [-0.25, -0.2) is 19.4 Å². The van der Waals surface area contributed by atoms with Gasteiger partial charge < -0.3 is 47.0 Å². The minimum Gasteiger partial charge on any atom is -0.506 e. The number of ether oxygens (including phenoxy) is 1. The highest BCUT2D eigenvalue weighted by Gasteiger charge is 2.54. The fourth-order valence-corrected chi connectivity index (χ4v) is 5.88. The second kappa shape index (κ2) is 13.4. The number of oxime groups is 1. The number of aromatic nitrogens is 1. The first-order valence-corrected chi connectivity index (χ1v) is 15.0. The number of thiazole rings is 1. The maximum Gasteiger partial charge on any atom is 0.352 e. The molecule has 0 aliphatic carbocycles. The van der Waals surface area contributed by atoms with Gasteiger partial charge in [0.05, 0.1) is 17.8 Å². The molecule has 2 aliphatic rings. The van der Waals surface area contributed by atoms with E-state index in [1.54, 1.807) is 0 Å². The summed E-state index contributed by atoms with van der Waals surface area (Å²) in [5, 5.41) is 38.4. The summed E-state index contributed by atoms with van der Waals surface area (Å²) >= 11 is 2.07. The Morgan fingerprint density at radius 2 is 1.93 bits per heavy atom. The van der Waals surface area contributed by atoms with Crippen molar-refractivity contribution < 1.29 is 53.7 Å². The number of phenolic OH excluding ortho intramolecular Hbond substituents is 1. The largest absolute Gasteiger partial charge is 0.506 e. The fraction of sp³-hybridized carbons (Fsp3) is 0.308. The van der Waals surface area contributed by atoms with Gasteiger partial charge in [0.15, 0.2) is 10.8 Å². The van der Waals surface area contributed by atoms with Crippen molar-refractivity contribution >= 4 is 75.3 Å². The smallest absolute Gasteiger partial charge is 0.352 e. The molecule has 0 saturated carbocycles. The summed E-state index contributed by atoms with van der Waals surface area (Å²) < 4.78 is 5.25. The molecule has 0 spiro atoms. The van der Waals surface area contributed by atoms with Gasteiger partial charge in [-0.3, -0.25) is 19.3 Å². The van der Waals surface area contributed by atoms with Gasteiger partial charge in [-0.05, 0) is 32.0 Å². The molecule has 3 heterocycles. The van der Waals surface area contributed by atoms with E-state index in [1.807, 2.05) is 0 Å². The van der Waals surface area contributed by atoms with Crippen molar-refractivity contribution in [1.82, 2.24) is 15.2 Å². The number of benzene rings is 1. The second-order valence-corrected chi connectivity index (χ2v) is 12.1. The zero-order chi connectivity index (χ0) is 33.9. The van der Waals surface area contributed by atoms with E-state index in [1.165, 1.54) is 31.4 Å². The minimum absolute atomic E-state index is 0.00448. The van der Waals surface area contributed by atoms with Crippen molar-refractivity contribution in [3.63, 3.8) is 0 Å². The third kappa shape index (κ3) is 7.03. The maximum atomic E-state index is 13.2. The number of aliphatic carboxylic acids is 2. The Morgan fingerprint density at radius 3 is 2.52 bits per heavy atom. The first-order chi connectivity index (χ1) is 21.6. The van der Waals surface area contributed by atoms with Gasteiger partial charge in [-0.1, -0.05) is 5.16 Å². The number of anilines is 2. The van der Waals surface area contributed by atoms with Crippen LogP contribution in [0.15, 0.2) is 40.0 Å². The number of aromatic hydroxyl groups is 1. The number of nitrogen functional groups attached to an aromatic ring is 1. The highest BCUT2D eigenvalue weighted by molar-refractivity contribution is 8.00. The van der Waals surface area contributed by atoms with Crippen LogP contribution in [0.4, 0.5) is 10.8 Å². The van der Waals surface area contributed by atoms with Crippen molar-refractivity contribution in [1.29, 1.82) is 0 Å². The van der Waals surface area contributed by atoms with E-state index >= 15 is 0 Å². The fourth-order valence-electron chi connectivity index (χ4n) is 4.01. The number of carbonyl (C=O) groups is 6. The standard InChI is InChI=1S/C26H27N7O11S2/c1-26(2,24(41)42)44-32-16(13-9-46-25(28)30-13)19(36)31-17-20(37)33-18(22(38)39)11(8-45-21(17)33)7-43-23(40)10-3-4-12(14(34)5-10)29-15(35)6-27/h3-5,9,17,21,34H,6-8,27H2,1-2H3,(H2,28,30)(H,29,35)(H,31,36)(H,38,39)(H,41,42)/t17?,21-/m0/s1. The third-order valence-electron chi connectivity index (χ3n) is 6.47. The lowest BCUT2D eigenvalue weighted by Gasteiger charge is -2.49. The third-order valence-corrected chi connectivity index (χ3v) is 8.48. The number of hydrogen-bond donors (Lipinski definition) is 7. The van der Waals surface area contributed by atoms with Gasteiger partial charge in [0, 0.05) is 16.7 Å². The summed E-state index contributed by atoms with van der Waals surface area (Å²) in [6.07, 6.45) is 0. The molecule has 46 heavy (non-hydrogen) atoms. The van der Waals surface area contributed by atoms with Crippen LogP contribution in [0.5, 0.6) is 5.75 Å². The molecule has 2 aliphatic heterocycles. The van der Waals surface area contributed by atoms with Crippen LogP contribution in [0.25, 0.3) is 0 Å². The van der Waals surface area contributed by atoms with E-state index in [0.717, 1.165) is 34.1 Å². The van der Waals surface area contributed by atoms with Crippen molar-refractivity contribution in [3.05, 3.63) is 46.1 Å². The molecule has 2 aromatic rings. The Bertz CT molecular complexity index is 1690. The summed E-state index contributed by atoms with van der Waals surface area (Å²) in [6.45, 7) is 1.58. The van der Waals surface area contributed by atoms with E-state index in [2.05, 4.69) is 20.8 Å². The summed E-state index contributed by atoms with van der Waals surface area (Å²) in [6, 6.07) is 2.37. The summed E-state index contributed by atoms with van der Waals surface area (Å²) in [5.74, 6) is -6.49. The molecular weight excluding hydrogens is 650 g/mol. The van der Waals surface area contributed by atoms with Crippen LogP contribution in [0.3, 0.4) is 0 Å². The molecule has 0 radical (unpaired) electrons. The van der Waals surface area contributed by atoms with Gasteiger partial charge in [0.2, 0.25) is 11.5 Å². The predicted molar refractivity (Wildman–Crippen MR) is 162 cm³/mol. The Morgan fingerprint density at radius 1 is 1.22 bits per heavy atom. The molecule has 244 valence electrons. The molecule has 0 bridgehead atoms. The van der Waals surface area contributed by atoms with Crippen molar-refractivity contribution in [2.45, 2.75) is 30.9 Å². The van der Waals surface area contributed by atoms with Crippen molar-refractivity contribution in [2.75, 3.05) is 30.0 Å². The molecular formula is C26H27N7O11S2. The van der Waals surface area contributed by atoms with E-state index in [0.29, 0.717) is 0 Å². The lowest BCUT2D eigenvalue weighted by Crippen LogP contribution is -2.71. The number of nitrogens with zero attached hydrogens (tertiary/aromatic N) is 3. The highest BCUT2D eigenvalue weighted by atomic mass is 32.2. The number of β-lactam (4-membered cyclic amide) rings is 1. The van der Waals surface area contributed by atoms with Crippen molar-refractivity contribution in [3.8, 4) is 5.75 Å². The lowest BCUT2D eigenvalue weighted by molar-refractivity contribution is -0.161.